The summed E-state index contributed by atoms with van der Waals surface area (Å²) in [4.78, 5) is 99.2. The number of H-pyrrole nitrogens is 1. The number of aromatic nitrogens is 2. The van der Waals surface area contributed by atoms with Crippen molar-refractivity contribution in [2.24, 2.45) is 0 Å². The highest BCUT2D eigenvalue weighted by Gasteiger charge is 2.50. The maximum absolute atomic E-state index is 12.5. The minimum absolute atomic E-state index is 0.00198. The van der Waals surface area contributed by atoms with Gasteiger partial charge in [-0.2, -0.15) is 20.4 Å². The van der Waals surface area contributed by atoms with Crippen molar-refractivity contribution >= 4 is 59.2 Å². The van der Waals surface area contributed by atoms with Crippen LogP contribution >= 0.6 is 35.2 Å². The molecule has 11 N–H and O–H groups in total. The van der Waals surface area contributed by atoms with Crippen LogP contribution in [0.4, 0.5) is 4.79 Å². The quantitative estimate of drug-likeness (QED) is 0.0394. The van der Waals surface area contributed by atoms with Crippen LogP contribution in [0.1, 0.15) is 70.1 Å². The van der Waals surface area contributed by atoms with Crippen LogP contribution in [0.15, 0.2) is 21.9 Å². The van der Waals surface area contributed by atoms with Crippen LogP contribution in [0, 0.1) is 0 Å². The predicted octanol–water partition coefficient (Wildman–Crippen LogP) is -0.579. The molecule has 0 radical (unpaired) electrons. The Labute approximate surface area is 328 Å². The van der Waals surface area contributed by atoms with Crippen molar-refractivity contribution in [1.82, 2.24) is 30.8 Å². The highest BCUT2D eigenvalue weighted by Crippen LogP contribution is 2.66. The third-order valence-electron chi connectivity index (χ3n) is 9.12. The molecule has 322 valence electrons. The summed E-state index contributed by atoms with van der Waals surface area (Å²) in [7, 11) is -17.1. The summed E-state index contributed by atoms with van der Waals surface area (Å²) in [6.45, 7) is 1.52. The molecule has 1 aromatic rings. The summed E-state index contributed by atoms with van der Waals surface area (Å²) in [6.07, 6.45) is 1.57. The number of phosphoric acid groups is 3. The zero-order valence-electron chi connectivity index (χ0n) is 30.5. The molecular weight excluding hydrogens is 845 g/mol. The molecule has 1 aromatic heterocycles. The van der Waals surface area contributed by atoms with E-state index in [1.165, 1.54) is 12.2 Å². The van der Waals surface area contributed by atoms with Gasteiger partial charge < -0.3 is 55.8 Å². The van der Waals surface area contributed by atoms with Crippen LogP contribution in [0.5, 0.6) is 0 Å². The SMILES string of the molecule is C[C@]1(CCCCC(=O)NCCCCCC(=O)NC/C=C/c2cn([C@@H]3O[C@H](COP(=O)(O)OP(=O)(O)OP(=O)(O)O)[C@H](O)C3O)c(=O)[nH]c2=O)SC[C@H]2NC(=O)N[C@H]21. The van der Waals surface area contributed by atoms with Crippen molar-refractivity contribution in [3.05, 3.63) is 38.7 Å². The van der Waals surface area contributed by atoms with Crippen molar-refractivity contribution in [2.45, 2.75) is 99.7 Å². The van der Waals surface area contributed by atoms with Crippen molar-refractivity contribution < 1.29 is 75.7 Å². The Morgan fingerprint density at radius 2 is 1.65 bits per heavy atom. The largest absolute Gasteiger partial charge is 0.490 e. The number of thioether (sulfide) groups is 1. The summed E-state index contributed by atoms with van der Waals surface area (Å²) >= 11 is 1.84. The topological polar surface area (TPSA) is 364 Å². The second kappa shape index (κ2) is 20.0. The first-order chi connectivity index (χ1) is 26.6. The van der Waals surface area contributed by atoms with Crippen LogP contribution in [0.25, 0.3) is 6.08 Å². The van der Waals surface area contributed by atoms with E-state index in [9.17, 15) is 57.7 Å². The summed E-state index contributed by atoms with van der Waals surface area (Å²) in [5.74, 6) is 0.572. The van der Waals surface area contributed by atoms with E-state index in [0.29, 0.717) is 36.8 Å². The fraction of sp³-hybridized carbons (Fsp3) is 0.690. The number of urea groups is 1. The van der Waals surface area contributed by atoms with Crippen LogP contribution < -0.4 is 32.5 Å². The zero-order valence-corrected chi connectivity index (χ0v) is 34.0. The number of fused-ring (bicyclic) bond motifs is 1. The molecule has 3 unspecified atom stereocenters. The average Bonchev–Trinajstić information content (AvgIpc) is 3.72. The molecule has 3 aliphatic rings. The van der Waals surface area contributed by atoms with Crippen molar-refractivity contribution in [1.29, 1.82) is 0 Å². The second-order valence-corrected chi connectivity index (χ2v) is 19.6. The lowest BCUT2D eigenvalue weighted by Gasteiger charge is -2.29. The van der Waals surface area contributed by atoms with Gasteiger partial charge in [-0.05, 0) is 32.6 Å². The van der Waals surface area contributed by atoms with E-state index < -0.39 is 65.9 Å². The van der Waals surface area contributed by atoms with E-state index in [0.717, 1.165) is 31.2 Å². The molecule has 4 amide bonds. The first-order valence-corrected chi connectivity index (χ1v) is 23.1. The highest BCUT2D eigenvalue weighted by molar-refractivity contribution is 8.01. The number of hydrogen-bond donors (Lipinski definition) is 11. The van der Waals surface area contributed by atoms with Crippen LogP contribution in [-0.2, 0) is 41.2 Å². The summed E-state index contributed by atoms with van der Waals surface area (Å²) in [5, 5.41) is 32.4. The molecule has 0 bridgehead atoms. The standard InChI is InChI=1S/C29H47N6O18P3S/c1-29(24-18(16-57-29)32-27(41)33-24)11-5-4-10-21(37)30-12-6-2-3-9-20(36)31-13-7-8-17-14-35(28(42)34-25(17)40)26-23(39)22(38)19(51-26)15-50-55(46,47)53-56(48,49)52-54(43,44)45/h7-8,14,18-19,22-24,26,38-39H,2-6,9-13,15-16H2,1H3,(H,30,37)(H,31,36)(H,46,47)(H,48,49)(H2,32,33,41)(H,34,40,42)(H2,43,44,45)/b8-7+/t18-,19-,22+,23?,24-,26-,29-/m1/s1. The molecule has 0 aliphatic carbocycles. The number of aliphatic hydroxyl groups is 2. The van der Waals surface area contributed by atoms with Gasteiger partial charge in [0, 0.05) is 42.6 Å². The first kappa shape index (κ1) is 47.0. The molecule has 3 aliphatic heterocycles. The Morgan fingerprint density at radius 1 is 0.965 bits per heavy atom. The first-order valence-electron chi connectivity index (χ1n) is 17.6. The Balaban J connectivity index is 1.12. The van der Waals surface area contributed by atoms with Crippen molar-refractivity contribution in [3.8, 4) is 0 Å². The Bertz CT molecular complexity index is 1910. The molecule has 3 saturated heterocycles. The van der Waals surface area contributed by atoms with E-state index in [1.54, 1.807) is 0 Å². The van der Waals surface area contributed by atoms with Gasteiger partial charge in [-0.15, -0.1) is 0 Å². The number of phosphoric ester groups is 1. The van der Waals surface area contributed by atoms with Gasteiger partial charge in [0.15, 0.2) is 6.23 Å². The Kier molecular flexibility index (Phi) is 16.5. The van der Waals surface area contributed by atoms with E-state index in [-0.39, 0.29) is 53.2 Å². The van der Waals surface area contributed by atoms with Gasteiger partial charge in [-0.3, -0.25) is 28.5 Å². The molecule has 28 heteroatoms. The molecule has 4 heterocycles. The zero-order chi connectivity index (χ0) is 42.2. The minimum Gasteiger partial charge on any atom is -0.387 e. The smallest absolute Gasteiger partial charge is 0.387 e. The molecule has 0 spiro atoms. The van der Waals surface area contributed by atoms with Crippen LogP contribution in [0.2, 0.25) is 0 Å². The minimum atomic E-state index is -5.82. The van der Waals surface area contributed by atoms with Crippen molar-refractivity contribution in [2.75, 3.05) is 25.4 Å². The average molecular weight is 893 g/mol. The number of carbonyl (C=O) groups excluding carboxylic acids is 3. The van der Waals surface area contributed by atoms with Gasteiger partial charge in [-0.1, -0.05) is 25.0 Å². The molecule has 4 rings (SSSR count). The number of amides is 4. The van der Waals surface area contributed by atoms with Gasteiger partial charge in [0.1, 0.15) is 18.3 Å². The van der Waals surface area contributed by atoms with Gasteiger partial charge in [0.25, 0.3) is 5.56 Å². The Hall–Kier alpha value is -2.73. The molecule has 57 heavy (non-hydrogen) atoms. The lowest BCUT2D eigenvalue weighted by atomic mass is 9.91. The molecule has 24 nitrogen and oxygen atoms in total. The van der Waals surface area contributed by atoms with E-state index in [1.807, 2.05) is 16.7 Å². The summed E-state index contributed by atoms with van der Waals surface area (Å²) in [6, 6.07) is 0.121. The number of nitrogens with zero attached hydrogens (tertiary/aromatic N) is 1. The van der Waals surface area contributed by atoms with Crippen LogP contribution in [-0.4, -0.2) is 118 Å². The second-order valence-electron chi connectivity index (χ2n) is 13.6. The number of hydrogen-bond acceptors (Lipinski definition) is 15. The fourth-order valence-electron chi connectivity index (χ4n) is 6.34. The molecule has 0 saturated carbocycles. The number of aliphatic hydroxyl groups excluding tert-OH is 2. The number of aromatic amines is 1. The van der Waals surface area contributed by atoms with Gasteiger partial charge in [0.2, 0.25) is 11.8 Å². The predicted molar refractivity (Wildman–Crippen MR) is 199 cm³/mol. The molecular formula is C29H47N6O18P3S. The monoisotopic (exact) mass is 892 g/mol. The molecule has 9 atom stereocenters. The maximum atomic E-state index is 12.5. The number of carbonyl (C=O) groups is 3. The van der Waals surface area contributed by atoms with Gasteiger partial charge in [0.05, 0.1) is 24.3 Å². The van der Waals surface area contributed by atoms with E-state index in [2.05, 4.69) is 41.3 Å². The third kappa shape index (κ3) is 14.2. The fourth-order valence-corrected chi connectivity index (χ4v) is 10.9. The van der Waals surface area contributed by atoms with Crippen LogP contribution in [0.3, 0.4) is 0 Å². The molecule has 0 aromatic carbocycles. The number of ether oxygens (including phenoxy) is 1. The lowest BCUT2D eigenvalue weighted by molar-refractivity contribution is -0.122. The number of nitrogens with one attached hydrogen (secondary N) is 5. The summed E-state index contributed by atoms with van der Waals surface area (Å²) < 4.78 is 51.9. The third-order valence-corrected chi connectivity index (χ3v) is 14.6. The number of unbranched alkanes of at least 4 members (excludes halogenated alkanes) is 3. The van der Waals surface area contributed by atoms with E-state index in [4.69, 9.17) is 14.5 Å². The normalized spacial score (nSPS) is 28.0. The molecule has 3 fully saturated rings. The summed E-state index contributed by atoms with van der Waals surface area (Å²) in [5.41, 5.74) is -2.07. The number of rotatable bonds is 22. The lowest BCUT2D eigenvalue weighted by Crippen LogP contribution is -2.44. The maximum Gasteiger partial charge on any atom is 0.490 e. The highest BCUT2D eigenvalue weighted by atomic mass is 32.2. The van der Waals surface area contributed by atoms with Gasteiger partial charge >= 0.3 is 35.2 Å². The van der Waals surface area contributed by atoms with E-state index >= 15 is 0 Å². The van der Waals surface area contributed by atoms with Crippen molar-refractivity contribution in [3.63, 3.8) is 0 Å². The Morgan fingerprint density at radius 3 is 2.35 bits per heavy atom. The van der Waals surface area contributed by atoms with Gasteiger partial charge in [-0.25, -0.2) is 23.3 Å².